The maximum Gasteiger partial charge on any atom is 0.230 e. The molecular formula is C28H28N4O4S. The van der Waals surface area contributed by atoms with E-state index < -0.39 is 0 Å². The zero-order valence-electron chi connectivity index (χ0n) is 20.7. The minimum Gasteiger partial charge on any atom is -0.493 e. The van der Waals surface area contributed by atoms with E-state index in [4.69, 9.17) is 14.2 Å². The lowest BCUT2D eigenvalue weighted by atomic mass is 10.1. The number of aromatic nitrogens is 3. The number of hydrogen-bond acceptors (Lipinski definition) is 7. The van der Waals surface area contributed by atoms with Crippen molar-refractivity contribution in [2.75, 3.05) is 20.0 Å². The number of para-hydroxylation sites is 1. The number of benzene rings is 3. The van der Waals surface area contributed by atoms with E-state index in [1.807, 2.05) is 77.4 Å². The molecule has 1 saturated carbocycles. The molecule has 0 bridgehead atoms. The molecule has 0 unspecified atom stereocenters. The molecule has 37 heavy (non-hydrogen) atoms. The van der Waals surface area contributed by atoms with E-state index in [-0.39, 0.29) is 11.7 Å². The number of methoxy groups -OCH3 is 2. The normalized spacial score (nSPS) is 12.7. The molecule has 0 saturated heterocycles. The molecule has 3 aromatic carbocycles. The Bertz CT molecular complexity index is 1350. The zero-order chi connectivity index (χ0) is 25.6. The van der Waals surface area contributed by atoms with Gasteiger partial charge >= 0.3 is 0 Å². The Kier molecular flexibility index (Phi) is 7.60. The molecule has 1 amide bonds. The van der Waals surface area contributed by atoms with Gasteiger partial charge in [-0.15, -0.1) is 10.2 Å². The first kappa shape index (κ1) is 24.7. The summed E-state index contributed by atoms with van der Waals surface area (Å²) in [5, 5.41) is 12.6. The van der Waals surface area contributed by atoms with Gasteiger partial charge in [-0.1, -0.05) is 36.0 Å². The molecular weight excluding hydrogens is 488 g/mol. The third-order valence-electron chi connectivity index (χ3n) is 5.86. The van der Waals surface area contributed by atoms with Gasteiger partial charge in [-0.25, -0.2) is 0 Å². The van der Waals surface area contributed by atoms with Gasteiger partial charge in [0.1, 0.15) is 17.3 Å². The summed E-state index contributed by atoms with van der Waals surface area (Å²) in [6, 6.07) is 23.5. The first-order valence-electron chi connectivity index (χ1n) is 12.0. The molecule has 4 aromatic rings. The lowest BCUT2D eigenvalue weighted by molar-refractivity contribution is -0.118. The Morgan fingerprint density at radius 3 is 2.38 bits per heavy atom. The highest BCUT2D eigenvalue weighted by Gasteiger charge is 2.24. The minimum atomic E-state index is 0.00935. The van der Waals surface area contributed by atoms with Crippen LogP contribution in [0.1, 0.15) is 24.2 Å². The summed E-state index contributed by atoms with van der Waals surface area (Å²) >= 11 is 1.37. The number of hydrogen-bond donors (Lipinski definition) is 1. The highest BCUT2D eigenvalue weighted by Crippen LogP contribution is 2.30. The van der Waals surface area contributed by atoms with Crippen molar-refractivity contribution in [2.45, 2.75) is 30.5 Å². The SMILES string of the molecule is COc1ccc(Cc2nnc(SCC(=O)NC3CC3)n2-c2ccc(Oc3ccccc3)cc2)cc1OC. The molecule has 1 aliphatic rings. The van der Waals surface area contributed by atoms with Crippen LogP contribution in [-0.4, -0.2) is 46.7 Å². The number of nitrogens with zero attached hydrogens (tertiary/aromatic N) is 3. The summed E-state index contributed by atoms with van der Waals surface area (Å²) in [5.74, 6) is 3.85. The lowest BCUT2D eigenvalue weighted by Crippen LogP contribution is -2.27. The van der Waals surface area contributed by atoms with Gasteiger partial charge in [0.15, 0.2) is 16.7 Å². The van der Waals surface area contributed by atoms with Crippen molar-refractivity contribution in [1.82, 2.24) is 20.1 Å². The van der Waals surface area contributed by atoms with Crippen molar-refractivity contribution in [3.63, 3.8) is 0 Å². The van der Waals surface area contributed by atoms with E-state index in [1.54, 1.807) is 14.2 Å². The third-order valence-corrected chi connectivity index (χ3v) is 6.79. The highest BCUT2D eigenvalue weighted by atomic mass is 32.2. The predicted octanol–water partition coefficient (Wildman–Crippen LogP) is 5.04. The van der Waals surface area contributed by atoms with Gasteiger partial charge in [-0.05, 0) is 66.9 Å². The average Bonchev–Trinajstić information content (AvgIpc) is 3.66. The molecule has 1 fully saturated rings. The van der Waals surface area contributed by atoms with E-state index >= 15 is 0 Å². The summed E-state index contributed by atoms with van der Waals surface area (Å²) in [6.45, 7) is 0. The standard InChI is InChI=1S/C28H28N4O4S/c1-34-24-15-8-19(16-25(24)35-2)17-26-30-31-28(37-18-27(33)29-20-9-10-20)32(26)21-11-13-23(14-12-21)36-22-6-4-3-5-7-22/h3-8,11-16,20H,9-10,17-18H2,1-2H3,(H,29,33). The second-order valence-electron chi connectivity index (χ2n) is 8.64. The molecule has 0 spiro atoms. The Morgan fingerprint density at radius 2 is 1.68 bits per heavy atom. The number of thioether (sulfide) groups is 1. The van der Waals surface area contributed by atoms with E-state index in [0.29, 0.717) is 29.1 Å². The van der Waals surface area contributed by atoms with E-state index in [2.05, 4.69) is 15.5 Å². The monoisotopic (exact) mass is 516 g/mol. The Morgan fingerprint density at radius 1 is 0.946 bits per heavy atom. The number of amides is 1. The first-order valence-corrected chi connectivity index (χ1v) is 13.0. The van der Waals surface area contributed by atoms with Crippen LogP contribution in [0.15, 0.2) is 78.0 Å². The average molecular weight is 517 g/mol. The van der Waals surface area contributed by atoms with Gasteiger partial charge in [0.05, 0.1) is 20.0 Å². The van der Waals surface area contributed by atoms with Crippen LogP contribution in [-0.2, 0) is 11.2 Å². The molecule has 9 heteroatoms. The summed E-state index contributed by atoms with van der Waals surface area (Å²) in [4.78, 5) is 12.3. The second-order valence-corrected chi connectivity index (χ2v) is 9.58. The van der Waals surface area contributed by atoms with Gasteiger partial charge in [0, 0.05) is 18.2 Å². The molecule has 5 rings (SSSR count). The van der Waals surface area contributed by atoms with Crippen molar-refractivity contribution in [2.24, 2.45) is 0 Å². The summed E-state index contributed by atoms with van der Waals surface area (Å²) < 4.78 is 18.8. The Balaban J connectivity index is 1.41. The topological polar surface area (TPSA) is 87.5 Å². The maximum atomic E-state index is 12.3. The molecule has 0 aliphatic heterocycles. The smallest absolute Gasteiger partial charge is 0.230 e. The van der Waals surface area contributed by atoms with Crippen LogP contribution in [0.3, 0.4) is 0 Å². The number of rotatable bonds is 11. The lowest BCUT2D eigenvalue weighted by Gasteiger charge is -2.13. The fourth-order valence-corrected chi connectivity index (χ4v) is 4.64. The number of carbonyl (C=O) groups excluding carboxylic acids is 1. The minimum absolute atomic E-state index is 0.00935. The molecule has 1 N–H and O–H groups in total. The first-order chi connectivity index (χ1) is 18.1. The largest absolute Gasteiger partial charge is 0.493 e. The van der Waals surface area contributed by atoms with Crippen LogP contribution in [0.5, 0.6) is 23.0 Å². The number of nitrogens with one attached hydrogen (secondary N) is 1. The van der Waals surface area contributed by atoms with Gasteiger partial charge in [0.2, 0.25) is 5.91 Å². The van der Waals surface area contributed by atoms with Crippen LogP contribution in [0.4, 0.5) is 0 Å². The molecule has 1 heterocycles. The van der Waals surface area contributed by atoms with Gasteiger partial charge < -0.3 is 19.5 Å². The van der Waals surface area contributed by atoms with Crippen LogP contribution < -0.4 is 19.5 Å². The number of ether oxygens (including phenoxy) is 3. The fraction of sp³-hybridized carbons (Fsp3) is 0.250. The van der Waals surface area contributed by atoms with Crippen LogP contribution in [0.2, 0.25) is 0 Å². The van der Waals surface area contributed by atoms with E-state index in [0.717, 1.165) is 41.4 Å². The third kappa shape index (κ3) is 6.24. The van der Waals surface area contributed by atoms with Crippen molar-refractivity contribution in [1.29, 1.82) is 0 Å². The number of carbonyl (C=O) groups is 1. The summed E-state index contributed by atoms with van der Waals surface area (Å²) in [6.07, 6.45) is 2.63. The van der Waals surface area contributed by atoms with E-state index in [1.165, 1.54) is 11.8 Å². The van der Waals surface area contributed by atoms with Gasteiger partial charge in [-0.2, -0.15) is 0 Å². The van der Waals surface area contributed by atoms with Crippen LogP contribution in [0.25, 0.3) is 5.69 Å². The molecule has 0 radical (unpaired) electrons. The maximum absolute atomic E-state index is 12.3. The Hall–Kier alpha value is -3.98. The summed E-state index contributed by atoms with van der Waals surface area (Å²) in [7, 11) is 3.23. The molecule has 190 valence electrons. The second kappa shape index (κ2) is 11.4. The van der Waals surface area contributed by atoms with Crippen LogP contribution in [0, 0.1) is 0 Å². The van der Waals surface area contributed by atoms with Crippen LogP contribution >= 0.6 is 11.8 Å². The predicted molar refractivity (Wildman–Crippen MR) is 142 cm³/mol. The van der Waals surface area contributed by atoms with Crippen molar-refractivity contribution in [3.05, 3.63) is 84.2 Å². The quantitative estimate of drug-likeness (QED) is 0.280. The van der Waals surface area contributed by atoms with Gasteiger partial charge in [0.25, 0.3) is 0 Å². The summed E-state index contributed by atoms with van der Waals surface area (Å²) in [5.41, 5.74) is 1.88. The highest BCUT2D eigenvalue weighted by molar-refractivity contribution is 7.99. The van der Waals surface area contributed by atoms with Gasteiger partial charge in [-0.3, -0.25) is 9.36 Å². The fourth-order valence-electron chi connectivity index (χ4n) is 3.86. The van der Waals surface area contributed by atoms with Crippen molar-refractivity contribution < 1.29 is 19.0 Å². The Labute approximate surface area is 220 Å². The zero-order valence-corrected chi connectivity index (χ0v) is 21.5. The molecule has 1 aliphatic carbocycles. The van der Waals surface area contributed by atoms with E-state index in [9.17, 15) is 4.79 Å². The van der Waals surface area contributed by atoms with Crippen molar-refractivity contribution in [3.8, 4) is 28.7 Å². The molecule has 8 nitrogen and oxygen atoms in total. The van der Waals surface area contributed by atoms with Crippen molar-refractivity contribution >= 4 is 17.7 Å². The molecule has 1 aromatic heterocycles. The molecule has 0 atom stereocenters.